The summed E-state index contributed by atoms with van der Waals surface area (Å²) in [5, 5.41) is 2.07. The van der Waals surface area contributed by atoms with Crippen molar-refractivity contribution < 1.29 is 9.53 Å². The zero-order valence-electron chi connectivity index (χ0n) is 10.9. The Bertz CT molecular complexity index is 598. The average Bonchev–Trinajstić information content (AvgIpc) is 2.45. The summed E-state index contributed by atoms with van der Waals surface area (Å²) >= 11 is 0. The minimum absolute atomic E-state index is 0.268. The monoisotopic (exact) mass is 259 g/mol. The Balaban J connectivity index is 2.33. The van der Waals surface area contributed by atoms with Crippen LogP contribution in [-0.4, -0.2) is 20.1 Å². The van der Waals surface area contributed by atoms with Crippen molar-refractivity contribution in [3.8, 4) is 5.75 Å². The molecule has 5 nitrogen and oxygen atoms in total. The molecule has 0 fully saturated rings. The molecule has 0 aliphatic carbocycles. The SMILES string of the molecule is CNNC(=O)C(N)c1ccc2cc(OC)ccc2c1. The molecule has 0 aliphatic heterocycles. The summed E-state index contributed by atoms with van der Waals surface area (Å²) < 4.78 is 5.17. The minimum Gasteiger partial charge on any atom is -0.497 e. The van der Waals surface area contributed by atoms with Gasteiger partial charge in [-0.05, 0) is 34.5 Å². The fourth-order valence-electron chi connectivity index (χ4n) is 1.92. The molecule has 5 heteroatoms. The third-order valence-corrected chi connectivity index (χ3v) is 2.96. The van der Waals surface area contributed by atoms with Gasteiger partial charge in [0.1, 0.15) is 11.8 Å². The zero-order chi connectivity index (χ0) is 13.8. The van der Waals surface area contributed by atoms with Gasteiger partial charge in [-0.15, -0.1) is 0 Å². The first-order valence-electron chi connectivity index (χ1n) is 5.95. The van der Waals surface area contributed by atoms with Crippen molar-refractivity contribution in [3.63, 3.8) is 0 Å². The molecule has 0 saturated heterocycles. The molecule has 0 aliphatic rings. The smallest absolute Gasteiger partial charge is 0.255 e. The Morgan fingerprint density at radius 1 is 1.21 bits per heavy atom. The van der Waals surface area contributed by atoms with Gasteiger partial charge in [-0.25, -0.2) is 5.43 Å². The maximum absolute atomic E-state index is 11.7. The number of amides is 1. The number of carbonyl (C=O) groups is 1. The highest BCUT2D eigenvalue weighted by molar-refractivity contribution is 5.88. The number of rotatable bonds is 4. The Hall–Kier alpha value is -2.11. The maximum atomic E-state index is 11.7. The van der Waals surface area contributed by atoms with E-state index in [1.165, 1.54) is 0 Å². The second kappa shape index (κ2) is 5.69. The Kier molecular flexibility index (Phi) is 3.99. The first-order valence-corrected chi connectivity index (χ1v) is 5.95. The van der Waals surface area contributed by atoms with E-state index in [1.54, 1.807) is 14.2 Å². The molecule has 0 aromatic heterocycles. The summed E-state index contributed by atoms with van der Waals surface area (Å²) in [4.78, 5) is 11.7. The van der Waals surface area contributed by atoms with E-state index in [0.717, 1.165) is 22.1 Å². The van der Waals surface area contributed by atoms with Gasteiger partial charge in [-0.1, -0.05) is 18.2 Å². The predicted octanol–water partition coefficient (Wildman–Crippen LogP) is 1.10. The number of fused-ring (bicyclic) bond motifs is 1. The Labute approximate surface area is 111 Å². The van der Waals surface area contributed by atoms with Crippen LogP contribution in [0.3, 0.4) is 0 Å². The van der Waals surface area contributed by atoms with Crippen LogP contribution in [0.5, 0.6) is 5.75 Å². The van der Waals surface area contributed by atoms with Gasteiger partial charge in [0.15, 0.2) is 0 Å². The Morgan fingerprint density at radius 2 is 1.89 bits per heavy atom. The highest BCUT2D eigenvalue weighted by Crippen LogP contribution is 2.23. The first-order chi connectivity index (χ1) is 9.15. The molecule has 19 heavy (non-hydrogen) atoms. The molecule has 2 aromatic rings. The number of carbonyl (C=O) groups excluding carboxylic acids is 1. The molecule has 100 valence electrons. The van der Waals surface area contributed by atoms with Crippen molar-refractivity contribution in [2.45, 2.75) is 6.04 Å². The third kappa shape index (κ3) is 2.83. The van der Waals surface area contributed by atoms with Gasteiger partial charge in [0.05, 0.1) is 7.11 Å². The molecule has 0 bridgehead atoms. The summed E-state index contributed by atoms with van der Waals surface area (Å²) in [6, 6.07) is 10.8. The number of benzene rings is 2. The molecule has 0 spiro atoms. The highest BCUT2D eigenvalue weighted by Gasteiger charge is 2.15. The van der Waals surface area contributed by atoms with Crippen LogP contribution in [0.25, 0.3) is 10.8 Å². The van der Waals surface area contributed by atoms with E-state index in [2.05, 4.69) is 10.9 Å². The number of nitrogens with one attached hydrogen (secondary N) is 2. The second-order valence-corrected chi connectivity index (χ2v) is 4.19. The lowest BCUT2D eigenvalue weighted by molar-refractivity contribution is -0.123. The van der Waals surface area contributed by atoms with Crippen LogP contribution in [0.2, 0.25) is 0 Å². The van der Waals surface area contributed by atoms with Gasteiger partial charge in [0, 0.05) is 7.05 Å². The average molecular weight is 259 g/mol. The summed E-state index contributed by atoms with van der Waals surface area (Å²) in [7, 11) is 3.25. The third-order valence-electron chi connectivity index (χ3n) is 2.96. The van der Waals surface area contributed by atoms with Crippen molar-refractivity contribution in [2.24, 2.45) is 5.73 Å². The molecular formula is C14H17N3O2. The van der Waals surface area contributed by atoms with Crippen molar-refractivity contribution in [1.29, 1.82) is 0 Å². The van der Waals surface area contributed by atoms with Crippen molar-refractivity contribution in [1.82, 2.24) is 10.9 Å². The molecule has 1 amide bonds. The second-order valence-electron chi connectivity index (χ2n) is 4.19. The largest absolute Gasteiger partial charge is 0.497 e. The fourth-order valence-corrected chi connectivity index (χ4v) is 1.92. The number of methoxy groups -OCH3 is 1. The predicted molar refractivity (Wildman–Crippen MR) is 74.6 cm³/mol. The Morgan fingerprint density at radius 3 is 2.58 bits per heavy atom. The number of nitrogens with two attached hydrogens (primary N) is 1. The fraction of sp³-hybridized carbons (Fsp3) is 0.214. The molecule has 0 radical (unpaired) electrons. The minimum atomic E-state index is -0.695. The lowest BCUT2D eigenvalue weighted by atomic mass is 10.0. The van der Waals surface area contributed by atoms with Crippen molar-refractivity contribution >= 4 is 16.7 Å². The van der Waals surface area contributed by atoms with Gasteiger partial charge in [-0.2, -0.15) is 0 Å². The summed E-state index contributed by atoms with van der Waals surface area (Å²) in [5.74, 6) is 0.535. The molecule has 1 atom stereocenters. The maximum Gasteiger partial charge on any atom is 0.255 e. The topological polar surface area (TPSA) is 76.4 Å². The molecule has 4 N–H and O–H groups in total. The lowest BCUT2D eigenvalue weighted by Gasteiger charge is -2.12. The molecule has 1 unspecified atom stereocenters. The summed E-state index contributed by atoms with van der Waals surface area (Å²) in [5.41, 5.74) is 11.7. The van der Waals surface area contributed by atoms with E-state index in [4.69, 9.17) is 10.5 Å². The summed E-state index contributed by atoms with van der Waals surface area (Å²) in [6.45, 7) is 0. The number of hydrazine groups is 1. The van der Waals surface area contributed by atoms with Crippen LogP contribution in [-0.2, 0) is 4.79 Å². The molecule has 2 rings (SSSR count). The van der Waals surface area contributed by atoms with Gasteiger partial charge >= 0.3 is 0 Å². The molecular weight excluding hydrogens is 242 g/mol. The first kappa shape index (κ1) is 13.3. The number of ether oxygens (including phenoxy) is 1. The van der Waals surface area contributed by atoms with Crippen LogP contribution < -0.4 is 21.3 Å². The van der Waals surface area contributed by atoms with Crippen molar-refractivity contribution in [3.05, 3.63) is 42.0 Å². The quantitative estimate of drug-likeness (QED) is 0.719. The van der Waals surface area contributed by atoms with Crippen molar-refractivity contribution in [2.75, 3.05) is 14.2 Å². The number of hydrogen-bond acceptors (Lipinski definition) is 4. The zero-order valence-corrected chi connectivity index (χ0v) is 10.9. The normalized spacial score (nSPS) is 12.2. The standard InChI is InChI=1S/C14H17N3O2/c1-16-17-14(18)13(15)11-4-3-10-8-12(19-2)6-5-9(10)7-11/h3-8,13,16H,15H2,1-2H3,(H,17,18). The van der Waals surface area contributed by atoms with Gasteiger partial charge in [0.25, 0.3) is 5.91 Å². The van der Waals surface area contributed by atoms with Crippen LogP contribution in [0, 0.1) is 0 Å². The van der Waals surface area contributed by atoms with E-state index >= 15 is 0 Å². The molecule has 2 aromatic carbocycles. The van der Waals surface area contributed by atoms with Crippen LogP contribution in [0.4, 0.5) is 0 Å². The lowest BCUT2D eigenvalue weighted by Crippen LogP contribution is -2.40. The number of hydrogen-bond donors (Lipinski definition) is 3. The summed E-state index contributed by atoms with van der Waals surface area (Å²) in [6.07, 6.45) is 0. The van der Waals surface area contributed by atoms with Gasteiger partial charge < -0.3 is 10.5 Å². The van der Waals surface area contributed by atoms with Gasteiger partial charge in [0.2, 0.25) is 0 Å². The van der Waals surface area contributed by atoms with Crippen LogP contribution >= 0.6 is 0 Å². The van der Waals surface area contributed by atoms with E-state index in [1.807, 2.05) is 36.4 Å². The van der Waals surface area contributed by atoms with E-state index < -0.39 is 6.04 Å². The highest BCUT2D eigenvalue weighted by atomic mass is 16.5. The molecule has 0 saturated carbocycles. The van der Waals surface area contributed by atoms with E-state index in [9.17, 15) is 4.79 Å². The van der Waals surface area contributed by atoms with Crippen LogP contribution in [0.15, 0.2) is 36.4 Å². The van der Waals surface area contributed by atoms with E-state index in [0.29, 0.717) is 0 Å². The van der Waals surface area contributed by atoms with Gasteiger partial charge in [-0.3, -0.25) is 10.2 Å². The van der Waals surface area contributed by atoms with E-state index in [-0.39, 0.29) is 5.91 Å². The molecule has 0 heterocycles. The van der Waals surface area contributed by atoms with Crippen LogP contribution in [0.1, 0.15) is 11.6 Å².